The first-order valence-corrected chi connectivity index (χ1v) is 12.1. The largest absolute Gasteiger partial charge is 0.468 e. The molecular weight excluding hydrogens is 459 g/mol. The number of carbonyl (C=O) groups is 1. The fourth-order valence-electron chi connectivity index (χ4n) is 3.87. The van der Waals surface area contributed by atoms with Crippen LogP contribution in [0.3, 0.4) is 0 Å². The monoisotopic (exact) mass is 482 g/mol. The molecule has 1 aliphatic rings. The summed E-state index contributed by atoms with van der Waals surface area (Å²) >= 11 is 0. The molecule has 0 unspecified atom stereocenters. The van der Waals surface area contributed by atoms with Gasteiger partial charge in [-0.1, -0.05) is 12.1 Å². The van der Waals surface area contributed by atoms with Gasteiger partial charge in [-0.15, -0.1) is 0 Å². The minimum absolute atomic E-state index is 0.000779. The Balaban J connectivity index is 1.47. The van der Waals surface area contributed by atoms with Crippen molar-refractivity contribution >= 4 is 21.6 Å². The molecule has 0 saturated carbocycles. The zero-order valence-corrected chi connectivity index (χ0v) is 19.3. The van der Waals surface area contributed by atoms with E-state index in [4.69, 9.17) is 4.42 Å². The lowest BCUT2D eigenvalue weighted by Crippen LogP contribution is -2.49. The molecular formula is C24H23FN4O4S. The van der Waals surface area contributed by atoms with Crippen LogP contribution in [0.1, 0.15) is 27.2 Å². The van der Waals surface area contributed by atoms with E-state index in [1.165, 1.54) is 24.5 Å². The third-order valence-electron chi connectivity index (χ3n) is 5.78. The first-order chi connectivity index (χ1) is 16.3. The van der Waals surface area contributed by atoms with Crippen LogP contribution in [-0.2, 0) is 16.6 Å². The number of nitrogens with one attached hydrogen (secondary N) is 1. The molecule has 1 fully saturated rings. The Morgan fingerprint density at radius 3 is 2.59 bits per heavy atom. The van der Waals surface area contributed by atoms with Crippen LogP contribution in [0.25, 0.3) is 0 Å². The van der Waals surface area contributed by atoms with E-state index < -0.39 is 15.8 Å². The van der Waals surface area contributed by atoms with Crippen molar-refractivity contribution in [1.29, 1.82) is 5.26 Å². The number of anilines is 1. The lowest BCUT2D eigenvalue weighted by atomic mass is 10.1. The van der Waals surface area contributed by atoms with E-state index in [0.29, 0.717) is 48.8 Å². The SMILES string of the molecule is Cc1ccc(S(=O)(=O)NCc2ccco2)cc1C(=O)N1CCN(c2cccc(F)c2C#N)CC1. The molecule has 2 aromatic carbocycles. The van der Waals surface area contributed by atoms with E-state index in [1.54, 1.807) is 42.2 Å². The maximum atomic E-state index is 14.0. The van der Waals surface area contributed by atoms with Crippen molar-refractivity contribution in [2.45, 2.75) is 18.4 Å². The predicted octanol–water partition coefficient (Wildman–Crippen LogP) is 3.04. The zero-order valence-electron chi connectivity index (χ0n) is 18.5. The van der Waals surface area contributed by atoms with Gasteiger partial charge in [-0.25, -0.2) is 17.5 Å². The summed E-state index contributed by atoms with van der Waals surface area (Å²) in [5.74, 6) is -0.379. The van der Waals surface area contributed by atoms with Gasteiger partial charge >= 0.3 is 0 Å². The fraction of sp³-hybridized carbons (Fsp3) is 0.250. The quantitative estimate of drug-likeness (QED) is 0.579. The smallest absolute Gasteiger partial charge is 0.254 e. The summed E-state index contributed by atoms with van der Waals surface area (Å²) in [7, 11) is -3.85. The van der Waals surface area contributed by atoms with Crippen molar-refractivity contribution in [2.75, 3.05) is 31.1 Å². The highest BCUT2D eigenvalue weighted by Gasteiger charge is 2.26. The number of hydrogen-bond donors (Lipinski definition) is 1. The summed E-state index contributed by atoms with van der Waals surface area (Å²) in [4.78, 5) is 16.7. The summed E-state index contributed by atoms with van der Waals surface area (Å²) < 4.78 is 47.1. The van der Waals surface area contributed by atoms with Crippen LogP contribution in [0.4, 0.5) is 10.1 Å². The van der Waals surface area contributed by atoms with Crippen molar-refractivity contribution in [3.63, 3.8) is 0 Å². The molecule has 1 aromatic heterocycles. The van der Waals surface area contributed by atoms with E-state index in [1.807, 2.05) is 11.0 Å². The Morgan fingerprint density at radius 1 is 1.15 bits per heavy atom. The van der Waals surface area contributed by atoms with Gasteiger partial charge in [-0.05, 0) is 48.9 Å². The van der Waals surface area contributed by atoms with E-state index in [2.05, 4.69) is 4.72 Å². The van der Waals surface area contributed by atoms with Crippen molar-refractivity contribution in [1.82, 2.24) is 9.62 Å². The van der Waals surface area contributed by atoms with Gasteiger partial charge in [0.1, 0.15) is 23.2 Å². The Morgan fingerprint density at radius 2 is 1.91 bits per heavy atom. The van der Waals surface area contributed by atoms with Crippen LogP contribution in [0.15, 0.2) is 64.1 Å². The molecule has 1 saturated heterocycles. The van der Waals surface area contributed by atoms with Crippen molar-refractivity contribution in [2.24, 2.45) is 0 Å². The van der Waals surface area contributed by atoms with E-state index >= 15 is 0 Å². The molecule has 1 amide bonds. The number of nitrogens with zero attached hydrogens (tertiary/aromatic N) is 3. The molecule has 0 bridgehead atoms. The summed E-state index contributed by atoms with van der Waals surface area (Å²) in [6.07, 6.45) is 1.46. The number of halogens is 1. The second-order valence-corrected chi connectivity index (χ2v) is 9.67. The van der Waals surface area contributed by atoms with Crippen molar-refractivity contribution in [3.05, 3.63) is 83.1 Å². The second kappa shape index (κ2) is 9.67. The van der Waals surface area contributed by atoms with E-state index in [9.17, 15) is 22.9 Å². The zero-order chi connectivity index (χ0) is 24.3. The van der Waals surface area contributed by atoms with Gasteiger partial charge in [0, 0.05) is 31.7 Å². The summed E-state index contributed by atoms with van der Waals surface area (Å²) in [6, 6.07) is 14.2. The highest BCUT2D eigenvalue weighted by atomic mass is 32.2. The van der Waals surface area contributed by atoms with Gasteiger partial charge in [0.15, 0.2) is 0 Å². The number of sulfonamides is 1. The summed E-state index contributed by atoms with van der Waals surface area (Å²) in [5, 5.41) is 9.29. The van der Waals surface area contributed by atoms with Gasteiger partial charge in [0.05, 0.1) is 23.4 Å². The number of carbonyl (C=O) groups excluding carboxylic acids is 1. The molecule has 0 radical (unpaired) electrons. The van der Waals surface area contributed by atoms with Gasteiger partial charge in [0.2, 0.25) is 10.0 Å². The third-order valence-corrected chi connectivity index (χ3v) is 7.18. The average molecular weight is 483 g/mol. The van der Waals surface area contributed by atoms with E-state index in [-0.39, 0.29) is 22.9 Å². The minimum atomic E-state index is -3.85. The lowest BCUT2D eigenvalue weighted by molar-refractivity contribution is 0.0745. The first-order valence-electron chi connectivity index (χ1n) is 10.7. The number of nitriles is 1. The molecule has 0 aliphatic carbocycles. The van der Waals surface area contributed by atoms with Crippen LogP contribution in [0, 0.1) is 24.1 Å². The number of piperazine rings is 1. The Kier molecular flexibility index (Phi) is 6.68. The van der Waals surface area contributed by atoms with Crippen molar-refractivity contribution in [3.8, 4) is 6.07 Å². The predicted molar refractivity (Wildman–Crippen MR) is 123 cm³/mol. The fourth-order valence-corrected chi connectivity index (χ4v) is 4.89. The van der Waals surface area contributed by atoms with Crippen LogP contribution in [0.2, 0.25) is 0 Å². The number of furan rings is 1. The highest BCUT2D eigenvalue weighted by molar-refractivity contribution is 7.89. The summed E-state index contributed by atoms with van der Waals surface area (Å²) in [5.41, 5.74) is 1.45. The number of aryl methyl sites for hydroxylation is 1. The Hall–Kier alpha value is -3.68. The Labute approximate surface area is 197 Å². The van der Waals surface area contributed by atoms with Crippen LogP contribution >= 0.6 is 0 Å². The topological polar surface area (TPSA) is 107 Å². The normalized spacial score (nSPS) is 14.1. The number of amides is 1. The second-order valence-electron chi connectivity index (χ2n) is 7.91. The average Bonchev–Trinajstić information content (AvgIpc) is 3.36. The molecule has 3 aromatic rings. The van der Waals surface area contributed by atoms with Crippen LogP contribution in [-0.4, -0.2) is 45.4 Å². The van der Waals surface area contributed by atoms with Gasteiger partial charge in [-0.3, -0.25) is 4.79 Å². The maximum absolute atomic E-state index is 14.0. The molecule has 1 aliphatic heterocycles. The number of benzene rings is 2. The van der Waals surface area contributed by atoms with Gasteiger partial charge < -0.3 is 14.2 Å². The molecule has 4 rings (SSSR count). The van der Waals surface area contributed by atoms with Crippen LogP contribution < -0.4 is 9.62 Å². The highest BCUT2D eigenvalue weighted by Crippen LogP contribution is 2.25. The molecule has 1 N–H and O–H groups in total. The lowest BCUT2D eigenvalue weighted by Gasteiger charge is -2.36. The third kappa shape index (κ3) is 4.81. The van der Waals surface area contributed by atoms with Gasteiger partial charge in [0.25, 0.3) is 5.91 Å². The number of hydrogen-bond acceptors (Lipinski definition) is 6. The summed E-state index contributed by atoms with van der Waals surface area (Å²) in [6.45, 7) is 3.30. The molecule has 34 heavy (non-hydrogen) atoms. The minimum Gasteiger partial charge on any atom is -0.468 e. The number of rotatable bonds is 6. The van der Waals surface area contributed by atoms with Crippen molar-refractivity contribution < 1.29 is 22.0 Å². The van der Waals surface area contributed by atoms with Crippen LogP contribution in [0.5, 0.6) is 0 Å². The molecule has 176 valence electrons. The maximum Gasteiger partial charge on any atom is 0.254 e. The molecule has 2 heterocycles. The van der Waals surface area contributed by atoms with Gasteiger partial charge in [-0.2, -0.15) is 5.26 Å². The molecule has 0 atom stereocenters. The van der Waals surface area contributed by atoms with E-state index in [0.717, 1.165) is 0 Å². The Bertz CT molecular complexity index is 1340. The standard InChI is InChI=1S/C24H23FN4O4S/c1-17-7-8-19(34(31,32)27-16-18-4-3-13-33-18)14-20(17)24(30)29-11-9-28(10-12-29)23-6-2-5-22(25)21(23)15-26/h2-8,13-14,27H,9-12,16H2,1H3. The first kappa shape index (κ1) is 23.5. The molecule has 8 nitrogen and oxygen atoms in total. The molecule has 10 heteroatoms. The molecule has 0 spiro atoms.